The van der Waals surface area contributed by atoms with Crippen LogP contribution in [0.15, 0.2) is 12.1 Å². The van der Waals surface area contributed by atoms with E-state index in [1.807, 2.05) is 0 Å². The summed E-state index contributed by atoms with van der Waals surface area (Å²) in [7, 11) is 0. The Morgan fingerprint density at radius 1 is 1.23 bits per heavy atom. The molecule has 1 aromatic carbocycles. The zero-order chi connectivity index (χ0) is 15.5. The van der Waals surface area contributed by atoms with Crippen LogP contribution in [0.2, 0.25) is 0 Å². The molecule has 0 aliphatic carbocycles. The van der Waals surface area contributed by atoms with Gasteiger partial charge in [0.25, 0.3) is 5.91 Å². The number of aromatic nitrogens is 1. The Labute approximate surface area is 135 Å². The van der Waals surface area contributed by atoms with Gasteiger partial charge in [-0.1, -0.05) is 17.4 Å². The van der Waals surface area contributed by atoms with Crippen molar-refractivity contribution in [1.29, 1.82) is 0 Å². The summed E-state index contributed by atoms with van der Waals surface area (Å²) in [4.78, 5) is 18.2. The van der Waals surface area contributed by atoms with Gasteiger partial charge in [-0.3, -0.25) is 10.1 Å². The molecule has 0 atom stereocenters. The predicted octanol–water partition coefficient (Wildman–Crippen LogP) is 2.31. The quantitative estimate of drug-likeness (QED) is 0.912. The number of hydrogen-bond donors (Lipinski definition) is 2. The van der Waals surface area contributed by atoms with Crippen LogP contribution < -0.4 is 10.2 Å². The van der Waals surface area contributed by atoms with Gasteiger partial charge in [0.2, 0.25) is 0 Å². The van der Waals surface area contributed by atoms with Gasteiger partial charge in [-0.15, -0.1) is 0 Å². The number of benzene rings is 1. The third kappa shape index (κ3) is 3.65. The van der Waals surface area contributed by atoms with E-state index < -0.39 is 0 Å². The first-order chi connectivity index (χ1) is 10.6. The lowest BCUT2D eigenvalue weighted by Gasteiger charge is -2.15. The minimum absolute atomic E-state index is 0.0883. The van der Waals surface area contributed by atoms with Crippen LogP contribution in [0.3, 0.4) is 0 Å². The summed E-state index contributed by atoms with van der Waals surface area (Å²) in [6, 6.07) is 4.27. The van der Waals surface area contributed by atoms with Gasteiger partial charge in [-0.05, 0) is 56.7 Å². The van der Waals surface area contributed by atoms with Crippen molar-refractivity contribution in [3.8, 4) is 0 Å². The van der Waals surface area contributed by atoms with Gasteiger partial charge >= 0.3 is 0 Å². The Bertz CT molecular complexity index is 672. The van der Waals surface area contributed by atoms with Crippen LogP contribution in [0.5, 0.6) is 0 Å². The highest BCUT2D eigenvalue weighted by atomic mass is 32.1. The Morgan fingerprint density at radius 3 is 2.68 bits per heavy atom. The predicted molar refractivity (Wildman–Crippen MR) is 91.8 cm³/mol. The molecule has 4 nitrogen and oxygen atoms in total. The van der Waals surface area contributed by atoms with Crippen molar-refractivity contribution >= 4 is 32.6 Å². The molecule has 1 saturated heterocycles. The molecule has 118 valence electrons. The average molecular weight is 318 g/mol. The molecule has 0 saturated carbocycles. The van der Waals surface area contributed by atoms with Gasteiger partial charge in [0.15, 0.2) is 11.7 Å². The first kappa shape index (κ1) is 15.4. The number of aryl methyl sites for hydroxylation is 2. The number of carbonyl (C=O) groups is 1. The second-order valence-corrected chi connectivity index (χ2v) is 7.37. The number of fused-ring (bicyclic) bond motifs is 1. The highest BCUT2D eigenvalue weighted by Gasteiger charge is 2.17. The molecule has 0 bridgehead atoms. The molecular formula is C17H24N3OS+. The number of nitrogens with one attached hydrogen (secondary N) is 2. The van der Waals surface area contributed by atoms with E-state index in [9.17, 15) is 4.79 Å². The van der Waals surface area contributed by atoms with E-state index in [1.54, 1.807) is 11.3 Å². The maximum Gasteiger partial charge on any atom is 0.281 e. The summed E-state index contributed by atoms with van der Waals surface area (Å²) in [6.45, 7) is 6.96. The second kappa shape index (κ2) is 6.75. The monoisotopic (exact) mass is 318 g/mol. The number of anilines is 1. The standard InChI is InChI=1S/C17H23N3OS/c1-12-9-13(2)16-14(10-12)22-17(19-16)18-15(21)11-20-7-5-3-4-6-8-20/h9-10H,3-8,11H2,1-2H3,(H,18,19,21)/p+1. The lowest BCUT2D eigenvalue weighted by Crippen LogP contribution is -3.12. The maximum atomic E-state index is 12.3. The van der Waals surface area contributed by atoms with Crippen LogP contribution in [0.25, 0.3) is 10.2 Å². The molecule has 0 spiro atoms. The lowest BCUT2D eigenvalue weighted by atomic mass is 10.1. The Kier molecular flexibility index (Phi) is 4.74. The first-order valence-corrected chi connectivity index (χ1v) is 8.94. The van der Waals surface area contributed by atoms with Crippen molar-refractivity contribution in [1.82, 2.24) is 4.98 Å². The summed E-state index contributed by atoms with van der Waals surface area (Å²) in [5.41, 5.74) is 3.42. The van der Waals surface area contributed by atoms with Crippen LogP contribution in [0.4, 0.5) is 5.13 Å². The minimum Gasteiger partial charge on any atom is -0.327 e. The third-order valence-corrected chi connectivity index (χ3v) is 5.22. The zero-order valence-electron chi connectivity index (χ0n) is 13.4. The molecule has 1 fully saturated rings. The molecule has 1 aliphatic heterocycles. The van der Waals surface area contributed by atoms with E-state index in [0.29, 0.717) is 6.54 Å². The topological polar surface area (TPSA) is 46.4 Å². The van der Waals surface area contributed by atoms with E-state index in [4.69, 9.17) is 0 Å². The maximum absolute atomic E-state index is 12.3. The van der Waals surface area contributed by atoms with E-state index in [0.717, 1.165) is 28.4 Å². The van der Waals surface area contributed by atoms with Crippen LogP contribution in [0, 0.1) is 13.8 Å². The van der Waals surface area contributed by atoms with Crippen molar-refractivity contribution in [3.05, 3.63) is 23.3 Å². The molecule has 1 aromatic heterocycles. The summed E-state index contributed by atoms with van der Waals surface area (Å²) in [5, 5.41) is 3.72. The van der Waals surface area contributed by atoms with Gasteiger partial charge in [0.05, 0.1) is 23.3 Å². The zero-order valence-corrected chi connectivity index (χ0v) is 14.2. The smallest absolute Gasteiger partial charge is 0.281 e. The van der Waals surface area contributed by atoms with Gasteiger partial charge in [0, 0.05) is 0 Å². The molecule has 2 aromatic rings. The first-order valence-electron chi connectivity index (χ1n) is 8.13. The normalized spacial score (nSPS) is 16.6. The third-order valence-electron chi connectivity index (χ3n) is 4.30. The SMILES string of the molecule is Cc1cc(C)c2nc(NC(=O)C[NH+]3CCCCCC3)sc2c1. The van der Waals surface area contributed by atoms with Crippen LogP contribution in [-0.2, 0) is 4.79 Å². The van der Waals surface area contributed by atoms with Crippen LogP contribution >= 0.6 is 11.3 Å². The van der Waals surface area contributed by atoms with E-state index >= 15 is 0 Å². The molecule has 1 aliphatic rings. The van der Waals surface area contributed by atoms with Crippen molar-refractivity contribution in [2.45, 2.75) is 39.5 Å². The summed E-state index contributed by atoms with van der Waals surface area (Å²) in [5.74, 6) is 0.0883. The molecule has 3 rings (SSSR count). The van der Waals surface area contributed by atoms with Crippen molar-refractivity contribution in [2.75, 3.05) is 25.0 Å². The van der Waals surface area contributed by atoms with Gasteiger partial charge in [-0.2, -0.15) is 0 Å². The number of rotatable bonds is 3. The summed E-state index contributed by atoms with van der Waals surface area (Å²) < 4.78 is 1.15. The van der Waals surface area contributed by atoms with Crippen LogP contribution in [0.1, 0.15) is 36.8 Å². The molecule has 1 amide bonds. The second-order valence-electron chi connectivity index (χ2n) is 6.34. The fraction of sp³-hybridized carbons (Fsp3) is 0.529. The molecular weight excluding hydrogens is 294 g/mol. The largest absolute Gasteiger partial charge is 0.327 e. The average Bonchev–Trinajstić information content (AvgIpc) is 2.67. The van der Waals surface area contributed by atoms with Crippen molar-refractivity contribution in [2.24, 2.45) is 0 Å². The summed E-state index contributed by atoms with van der Waals surface area (Å²) >= 11 is 1.57. The Balaban J connectivity index is 1.67. The Morgan fingerprint density at radius 2 is 1.95 bits per heavy atom. The fourth-order valence-corrected chi connectivity index (χ4v) is 4.28. The number of thiazole rings is 1. The Hall–Kier alpha value is -1.46. The number of carbonyl (C=O) groups excluding carboxylic acids is 1. The number of hydrogen-bond acceptors (Lipinski definition) is 3. The highest BCUT2D eigenvalue weighted by molar-refractivity contribution is 7.22. The molecule has 22 heavy (non-hydrogen) atoms. The van der Waals surface area contributed by atoms with E-state index in [1.165, 1.54) is 41.7 Å². The number of quaternary nitrogens is 1. The molecule has 5 heteroatoms. The number of nitrogens with zero attached hydrogens (tertiary/aromatic N) is 1. The minimum atomic E-state index is 0.0883. The highest BCUT2D eigenvalue weighted by Crippen LogP contribution is 2.29. The van der Waals surface area contributed by atoms with Gasteiger partial charge in [0.1, 0.15) is 0 Å². The van der Waals surface area contributed by atoms with Crippen LogP contribution in [-0.4, -0.2) is 30.5 Å². The molecule has 0 radical (unpaired) electrons. The fourth-order valence-electron chi connectivity index (χ4n) is 3.22. The van der Waals surface area contributed by atoms with E-state index in [-0.39, 0.29) is 5.91 Å². The van der Waals surface area contributed by atoms with Crippen molar-refractivity contribution in [3.63, 3.8) is 0 Å². The van der Waals surface area contributed by atoms with Gasteiger partial charge in [-0.25, -0.2) is 4.98 Å². The van der Waals surface area contributed by atoms with Gasteiger partial charge < -0.3 is 4.90 Å². The molecule has 2 N–H and O–H groups in total. The molecule has 2 heterocycles. The number of likely N-dealkylation sites (tertiary alicyclic amines) is 1. The number of amides is 1. The van der Waals surface area contributed by atoms with Crippen molar-refractivity contribution < 1.29 is 9.69 Å². The summed E-state index contributed by atoms with van der Waals surface area (Å²) in [6.07, 6.45) is 5.09. The molecule has 0 unspecified atom stereocenters. The van der Waals surface area contributed by atoms with E-state index in [2.05, 4.69) is 36.3 Å². The lowest BCUT2D eigenvalue weighted by molar-refractivity contribution is -0.890.